The van der Waals surface area contributed by atoms with Gasteiger partial charge in [0.1, 0.15) is 31.4 Å². The van der Waals surface area contributed by atoms with Gasteiger partial charge in [-0.15, -0.1) is 0 Å². The molecule has 0 bridgehead atoms. The molecule has 4 aromatic rings. The summed E-state index contributed by atoms with van der Waals surface area (Å²) in [7, 11) is -1.15. The minimum atomic E-state index is -1.15. The SMILES string of the molecule is C[Si](C)(C)CCOCn1ccc2c(-c3cnn(C(CF)C4CCN(c5cccc(I)c5C#N)C4)c3)ncnc21. The van der Waals surface area contributed by atoms with Crippen molar-refractivity contribution >= 4 is 47.4 Å². The van der Waals surface area contributed by atoms with Gasteiger partial charge in [-0.3, -0.25) is 4.68 Å². The van der Waals surface area contributed by atoms with Crippen molar-refractivity contribution in [2.45, 2.75) is 44.9 Å². The Bertz CT molecular complexity index is 1490. The van der Waals surface area contributed by atoms with E-state index in [0.717, 1.165) is 57.2 Å². The number of aromatic nitrogens is 5. The Morgan fingerprint density at radius 3 is 2.87 bits per heavy atom. The van der Waals surface area contributed by atoms with Gasteiger partial charge in [-0.2, -0.15) is 10.4 Å². The molecule has 0 N–H and O–H groups in total. The number of alkyl halides is 1. The van der Waals surface area contributed by atoms with Crippen LogP contribution in [0.4, 0.5) is 10.1 Å². The van der Waals surface area contributed by atoms with Crippen molar-refractivity contribution in [3.8, 4) is 17.3 Å². The van der Waals surface area contributed by atoms with E-state index in [0.29, 0.717) is 18.8 Å². The Morgan fingerprint density at radius 2 is 2.10 bits per heavy atom. The summed E-state index contributed by atoms with van der Waals surface area (Å²) in [6, 6.07) is 10.9. The lowest BCUT2D eigenvalue weighted by Crippen LogP contribution is -2.26. The van der Waals surface area contributed by atoms with Crippen molar-refractivity contribution < 1.29 is 9.13 Å². The highest BCUT2D eigenvalue weighted by molar-refractivity contribution is 14.1. The lowest BCUT2D eigenvalue weighted by molar-refractivity contribution is 0.0899. The van der Waals surface area contributed by atoms with E-state index in [2.05, 4.69) is 68.3 Å². The first kappa shape index (κ1) is 27.7. The molecular weight excluding hydrogens is 624 g/mol. The largest absolute Gasteiger partial charge is 0.370 e. The van der Waals surface area contributed by atoms with Gasteiger partial charge in [0.2, 0.25) is 0 Å². The van der Waals surface area contributed by atoms with Gasteiger partial charge in [0.05, 0.1) is 29.2 Å². The summed E-state index contributed by atoms with van der Waals surface area (Å²) in [5.74, 6) is 0.0759. The number of halogens is 2. The van der Waals surface area contributed by atoms with Crippen LogP contribution in [0.1, 0.15) is 18.0 Å². The van der Waals surface area contributed by atoms with Crippen molar-refractivity contribution in [3.63, 3.8) is 0 Å². The van der Waals surface area contributed by atoms with Gasteiger partial charge >= 0.3 is 0 Å². The van der Waals surface area contributed by atoms with Crippen LogP contribution >= 0.6 is 22.6 Å². The van der Waals surface area contributed by atoms with Crippen LogP contribution in [0.15, 0.2) is 49.2 Å². The second-order valence-electron chi connectivity index (χ2n) is 11.3. The molecule has 1 fully saturated rings. The van der Waals surface area contributed by atoms with Gasteiger partial charge < -0.3 is 14.2 Å². The standard InChI is InChI=1S/C28H33FIN7OSi/c1-39(2,3)12-11-38-19-36-10-8-22-27(32-18-33-28(22)36)21-15-34-37(17-21)26(13-29)20-7-9-35(16-20)25-6-4-5-24(30)23(25)14-31/h4-6,8,10,15,17-18,20,26H,7,9,11-13,16,19H2,1-3H3. The minimum Gasteiger partial charge on any atom is -0.370 e. The Labute approximate surface area is 243 Å². The highest BCUT2D eigenvalue weighted by Gasteiger charge is 2.32. The molecule has 1 aromatic carbocycles. The number of anilines is 1. The fourth-order valence-electron chi connectivity index (χ4n) is 5.14. The first-order valence-electron chi connectivity index (χ1n) is 13.2. The van der Waals surface area contributed by atoms with Crippen LogP contribution in [0.5, 0.6) is 0 Å². The number of fused-ring (bicyclic) bond motifs is 1. The third-order valence-electron chi connectivity index (χ3n) is 7.37. The second-order valence-corrected chi connectivity index (χ2v) is 18.0. The highest BCUT2D eigenvalue weighted by Crippen LogP contribution is 2.35. The summed E-state index contributed by atoms with van der Waals surface area (Å²) < 4.78 is 25.0. The summed E-state index contributed by atoms with van der Waals surface area (Å²) >= 11 is 2.19. The number of benzene rings is 1. The first-order chi connectivity index (χ1) is 18.8. The molecule has 204 valence electrons. The Morgan fingerprint density at radius 1 is 1.26 bits per heavy atom. The monoisotopic (exact) mass is 657 g/mol. The second kappa shape index (κ2) is 11.7. The van der Waals surface area contributed by atoms with Crippen LogP contribution in [0.25, 0.3) is 22.3 Å². The molecule has 39 heavy (non-hydrogen) atoms. The van der Waals surface area contributed by atoms with Crippen molar-refractivity contribution in [3.05, 3.63) is 58.3 Å². The number of hydrogen-bond donors (Lipinski definition) is 0. The third-order valence-corrected chi connectivity index (χ3v) is 9.97. The molecule has 2 atom stereocenters. The van der Waals surface area contributed by atoms with Gasteiger partial charge in [0.15, 0.2) is 0 Å². The molecular formula is C28H33FIN7OSi. The molecule has 0 saturated carbocycles. The van der Waals surface area contributed by atoms with Gasteiger partial charge in [-0.05, 0) is 53.3 Å². The van der Waals surface area contributed by atoms with E-state index in [1.165, 1.54) is 0 Å². The Balaban J connectivity index is 1.32. The van der Waals surface area contributed by atoms with Crippen molar-refractivity contribution in [1.82, 2.24) is 24.3 Å². The number of nitriles is 1. The van der Waals surface area contributed by atoms with Gasteiger partial charge in [0.25, 0.3) is 0 Å². The minimum absolute atomic E-state index is 0.0759. The molecule has 11 heteroatoms. The molecule has 0 radical (unpaired) electrons. The molecule has 2 unspecified atom stereocenters. The molecule has 4 heterocycles. The smallest absolute Gasteiger partial charge is 0.145 e. The van der Waals surface area contributed by atoms with Crippen LogP contribution in [0.3, 0.4) is 0 Å². The molecule has 0 spiro atoms. The summed E-state index contributed by atoms with van der Waals surface area (Å²) in [5, 5.41) is 15.1. The highest BCUT2D eigenvalue weighted by atomic mass is 127. The molecule has 5 rings (SSSR count). The number of ether oxygens (including phenoxy) is 1. The molecule has 3 aromatic heterocycles. The number of hydrogen-bond acceptors (Lipinski definition) is 6. The van der Waals surface area contributed by atoms with Crippen LogP contribution < -0.4 is 4.90 Å². The van der Waals surface area contributed by atoms with E-state index >= 15 is 0 Å². The quantitative estimate of drug-likeness (QED) is 0.116. The average molecular weight is 658 g/mol. The maximum Gasteiger partial charge on any atom is 0.145 e. The first-order valence-corrected chi connectivity index (χ1v) is 18.0. The van der Waals surface area contributed by atoms with E-state index in [4.69, 9.17) is 4.74 Å². The normalized spacial score (nSPS) is 16.6. The molecule has 1 aliphatic rings. The Hall–Kier alpha value is -2.82. The van der Waals surface area contributed by atoms with E-state index in [1.807, 2.05) is 41.2 Å². The molecule has 0 aliphatic carbocycles. The van der Waals surface area contributed by atoms with E-state index in [9.17, 15) is 9.65 Å². The van der Waals surface area contributed by atoms with Crippen LogP contribution in [-0.2, 0) is 11.5 Å². The maximum absolute atomic E-state index is 14.5. The van der Waals surface area contributed by atoms with Crippen LogP contribution in [0.2, 0.25) is 25.7 Å². The topological polar surface area (TPSA) is 84.8 Å². The summed E-state index contributed by atoms with van der Waals surface area (Å²) in [4.78, 5) is 11.2. The Kier molecular flexibility index (Phi) is 8.34. The van der Waals surface area contributed by atoms with Gasteiger partial charge in [-0.25, -0.2) is 14.4 Å². The molecule has 1 aliphatic heterocycles. The molecule has 1 saturated heterocycles. The van der Waals surface area contributed by atoms with Gasteiger partial charge in [-0.1, -0.05) is 25.7 Å². The zero-order valence-corrected chi connectivity index (χ0v) is 25.7. The summed E-state index contributed by atoms with van der Waals surface area (Å²) in [6.07, 6.45) is 8.01. The molecule has 0 amide bonds. The number of nitrogens with zero attached hydrogens (tertiary/aromatic N) is 7. The fraction of sp³-hybridized carbons (Fsp3) is 0.429. The predicted octanol–water partition coefficient (Wildman–Crippen LogP) is 6.12. The van der Waals surface area contributed by atoms with E-state index in [1.54, 1.807) is 17.2 Å². The zero-order valence-electron chi connectivity index (χ0n) is 22.5. The fourth-order valence-corrected chi connectivity index (χ4v) is 6.50. The third kappa shape index (κ3) is 6.02. The maximum atomic E-state index is 14.5. The summed E-state index contributed by atoms with van der Waals surface area (Å²) in [5.41, 5.74) is 4.01. The van der Waals surface area contributed by atoms with E-state index < -0.39 is 20.8 Å². The van der Waals surface area contributed by atoms with Crippen molar-refractivity contribution in [1.29, 1.82) is 5.26 Å². The number of rotatable bonds is 10. The van der Waals surface area contributed by atoms with E-state index in [-0.39, 0.29) is 5.92 Å². The van der Waals surface area contributed by atoms with Crippen molar-refractivity contribution in [2.24, 2.45) is 5.92 Å². The lowest BCUT2D eigenvalue weighted by atomic mass is 10.00. The summed E-state index contributed by atoms with van der Waals surface area (Å²) in [6.45, 7) is 9.15. The molecule has 8 nitrogen and oxygen atoms in total. The predicted molar refractivity (Wildman–Crippen MR) is 162 cm³/mol. The van der Waals surface area contributed by atoms with Crippen LogP contribution in [-0.4, -0.2) is 58.8 Å². The lowest BCUT2D eigenvalue weighted by Gasteiger charge is -2.24. The van der Waals surface area contributed by atoms with Gasteiger partial charge in [0, 0.05) is 60.6 Å². The average Bonchev–Trinajstić information content (AvgIpc) is 3.67. The zero-order chi connectivity index (χ0) is 27.6. The van der Waals surface area contributed by atoms with Crippen molar-refractivity contribution in [2.75, 3.05) is 31.3 Å². The van der Waals surface area contributed by atoms with Crippen LogP contribution in [0, 0.1) is 20.8 Å².